The molecule has 0 spiro atoms. The number of phenolic OH excluding ortho intramolecular Hbond substituents is 1. The van der Waals surface area contributed by atoms with E-state index in [4.69, 9.17) is 0 Å². The zero-order valence-corrected chi connectivity index (χ0v) is 13.5. The molecule has 2 aromatic rings. The minimum atomic E-state index is -0.616. The van der Waals surface area contributed by atoms with E-state index in [0.717, 1.165) is 29.4 Å². The number of phenols is 1. The van der Waals surface area contributed by atoms with Crippen molar-refractivity contribution in [1.29, 1.82) is 0 Å². The topological polar surface area (TPSA) is 69.6 Å². The Morgan fingerprint density at radius 2 is 1.87 bits per heavy atom. The highest BCUT2D eigenvalue weighted by Crippen LogP contribution is 2.21. The zero-order valence-electron chi connectivity index (χ0n) is 13.5. The number of aryl methyl sites for hydroxylation is 1. The molecule has 4 nitrogen and oxygen atoms in total. The molecule has 2 rings (SSSR count). The average molecular weight is 313 g/mol. The summed E-state index contributed by atoms with van der Waals surface area (Å²) >= 11 is 0. The quantitative estimate of drug-likeness (QED) is 0.688. The van der Waals surface area contributed by atoms with Crippen molar-refractivity contribution in [2.24, 2.45) is 0 Å². The molecular formula is C19H23NO3. The largest absolute Gasteiger partial charge is 0.508 e. The Morgan fingerprint density at radius 1 is 1.17 bits per heavy atom. The number of hydrogen-bond donors (Lipinski definition) is 3. The molecule has 0 fully saturated rings. The van der Waals surface area contributed by atoms with Gasteiger partial charge in [0.15, 0.2) is 0 Å². The van der Waals surface area contributed by atoms with Crippen LogP contribution in [0.15, 0.2) is 42.5 Å². The van der Waals surface area contributed by atoms with E-state index in [9.17, 15) is 15.0 Å². The Kier molecular flexibility index (Phi) is 5.90. The molecule has 2 atom stereocenters. The number of hydrogen-bond acceptors (Lipinski definition) is 4. The van der Waals surface area contributed by atoms with Crippen molar-refractivity contribution in [3.63, 3.8) is 0 Å². The predicted octanol–water partition coefficient (Wildman–Crippen LogP) is 2.77. The van der Waals surface area contributed by atoms with Crippen LogP contribution in [0.3, 0.4) is 0 Å². The lowest BCUT2D eigenvalue weighted by atomic mass is 10.0. The van der Waals surface area contributed by atoms with Crippen LogP contribution in [0.25, 0.3) is 0 Å². The lowest BCUT2D eigenvalue weighted by Crippen LogP contribution is -2.32. The van der Waals surface area contributed by atoms with Gasteiger partial charge in [-0.05, 0) is 49.1 Å². The number of rotatable bonds is 7. The normalized spacial score (nSPS) is 13.5. The maximum atomic E-state index is 10.6. The number of aromatic hydroxyl groups is 1. The van der Waals surface area contributed by atoms with Gasteiger partial charge in [-0.2, -0.15) is 0 Å². The minimum Gasteiger partial charge on any atom is -0.508 e. The van der Waals surface area contributed by atoms with Crippen LogP contribution in [0, 0.1) is 6.92 Å². The fourth-order valence-electron chi connectivity index (χ4n) is 2.47. The van der Waals surface area contributed by atoms with E-state index in [-0.39, 0.29) is 11.8 Å². The fraction of sp³-hybridized carbons (Fsp3) is 0.316. The standard InChI is InChI=1S/C19H23NO3/c1-13-9-17(7-8-18(13)22)19(23)11-20-14(2)10-15-3-5-16(12-21)6-4-15/h3-9,12,14,19-20,22-23H,10-11H2,1-2H3. The first-order chi connectivity index (χ1) is 11.0. The summed E-state index contributed by atoms with van der Waals surface area (Å²) < 4.78 is 0. The summed E-state index contributed by atoms with van der Waals surface area (Å²) in [6.07, 6.45) is 1.04. The molecule has 0 aliphatic heterocycles. The van der Waals surface area contributed by atoms with E-state index in [0.29, 0.717) is 12.1 Å². The second-order valence-electron chi connectivity index (χ2n) is 5.93. The Hall–Kier alpha value is -2.17. The van der Waals surface area contributed by atoms with Gasteiger partial charge in [0.1, 0.15) is 12.0 Å². The van der Waals surface area contributed by atoms with Crippen LogP contribution in [-0.2, 0) is 6.42 Å². The molecule has 3 N–H and O–H groups in total. The van der Waals surface area contributed by atoms with Crippen LogP contribution >= 0.6 is 0 Å². The van der Waals surface area contributed by atoms with Gasteiger partial charge in [-0.15, -0.1) is 0 Å². The molecule has 0 bridgehead atoms. The third kappa shape index (κ3) is 4.91. The van der Waals surface area contributed by atoms with Gasteiger partial charge >= 0.3 is 0 Å². The highest BCUT2D eigenvalue weighted by molar-refractivity contribution is 5.74. The van der Waals surface area contributed by atoms with Crippen molar-refractivity contribution >= 4 is 6.29 Å². The molecule has 2 aromatic carbocycles. The number of carbonyl (C=O) groups excluding carboxylic acids is 1. The number of aliphatic hydroxyl groups excluding tert-OH is 1. The summed E-state index contributed by atoms with van der Waals surface area (Å²) in [6, 6.07) is 12.8. The van der Waals surface area contributed by atoms with E-state index >= 15 is 0 Å². The highest BCUT2D eigenvalue weighted by atomic mass is 16.3. The third-order valence-electron chi connectivity index (χ3n) is 3.92. The van der Waals surface area contributed by atoms with Gasteiger partial charge < -0.3 is 15.5 Å². The molecule has 0 aliphatic carbocycles. The second-order valence-corrected chi connectivity index (χ2v) is 5.93. The number of nitrogens with one attached hydrogen (secondary N) is 1. The lowest BCUT2D eigenvalue weighted by molar-refractivity contribution is 0.112. The van der Waals surface area contributed by atoms with Gasteiger partial charge in [-0.1, -0.05) is 30.3 Å². The third-order valence-corrected chi connectivity index (χ3v) is 3.92. The van der Waals surface area contributed by atoms with Crippen LogP contribution in [-0.4, -0.2) is 29.1 Å². The van der Waals surface area contributed by atoms with Crippen molar-refractivity contribution in [1.82, 2.24) is 5.32 Å². The summed E-state index contributed by atoms with van der Waals surface area (Å²) in [6.45, 7) is 4.31. The molecule has 0 aromatic heterocycles. The molecule has 0 amide bonds. The van der Waals surface area contributed by atoms with Gasteiger partial charge in [0.05, 0.1) is 6.10 Å². The van der Waals surface area contributed by atoms with E-state index in [1.165, 1.54) is 0 Å². The second kappa shape index (κ2) is 7.90. The van der Waals surface area contributed by atoms with Gasteiger partial charge in [0.25, 0.3) is 0 Å². The summed E-state index contributed by atoms with van der Waals surface area (Å²) in [4.78, 5) is 10.6. The van der Waals surface area contributed by atoms with Crippen LogP contribution in [0.5, 0.6) is 5.75 Å². The Morgan fingerprint density at radius 3 is 2.48 bits per heavy atom. The monoisotopic (exact) mass is 313 g/mol. The Bertz CT molecular complexity index is 652. The van der Waals surface area contributed by atoms with Crippen molar-refractivity contribution in [3.8, 4) is 5.75 Å². The summed E-state index contributed by atoms with van der Waals surface area (Å²) in [5.41, 5.74) is 3.36. The number of benzene rings is 2. The highest BCUT2D eigenvalue weighted by Gasteiger charge is 2.11. The van der Waals surface area contributed by atoms with Crippen molar-refractivity contribution < 1.29 is 15.0 Å². The first-order valence-corrected chi connectivity index (χ1v) is 7.74. The first kappa shape index (κ1) is 17.2. The van der Waals surface area contributed by atoms with Crippen LogP contribution in [0.2, 0.25) is 0 Å². The van der Waals surface area contributed by atoms with E-state index in [2.05, 4.69) is 12.2 Å². The van der Waals surface area contributed by atoms with Gasteiger partial charge in [0, 0.05) is 18.2 Å². The lowest BCUT2D eigenvalue weighted by Gasteiger charge is -2.18. The van der Waals surface area contributed by atoms with Gasteiger partial charge in [-0.25, -0.2) is 0 Å². The number of aldehydes is 1. The Balaban J connectivity index is 1.86. The molecule has 2 unspecified atom stereocenters. The smallest absolute Gasteiger partial charge is 0.150 e. The van der Waals surface area contributed by atoms with Gasteiger partial charge in [0.2, 0.25) is 0 Å². The molecule has 122 valence electrons. The van der Waals surface area contributed by atoms with Crippen molar-refractivity contribution in [2.45, 2.75) is 32.4 Å². The summed E-state index contributed by atoms with van der Waals surface area (Å²) in [7, 11) is 0. The van der Waals surface area contributed by atoms with E-state index in [1.807, 2.05) is 31.2 Å². The molecule has 0 saturated carbocycles. The SMILES string of the molecule is Cc1cc(C(O)CNC(C)Cc2ccc(C=O)cc2)ccc1O. The van der Waals surface area contributed by atoms with E-state index < -0.39 is 6.10 Å². The van der Waals surface area contributed by atoms with Crippen LogP contribution in [0.4, 0.5) is 0 Å². The summed E-state index contributed by atoms with van der Waals surface area (Å²) in [5, 5.41) is 23.1. The number of carbonyl (C=O) groups is 1. The van der Waals surface area contributed by atoms with Crippen molar-refractivity contribution in [3.05, 3.63) is 64.7 Å². The maximum absolute atomic E-state index is 10.6. The molecule has 0 radical (unpaired) electrons. The number of aliphatic hydroxyl groups is 1. The first-order valence-electron chi connectivity index (χ1n) is 7.74. The average Bonchev–Trinajstić information content (AvgIpc) is 2.56. The molecule has 0 saturated heterocycles. The van der Waals surface area contributed by atoms with Gasteiger partial charge in [-0.3, -0.25) is 4.79 Å². The van der Waals surface area contributed by atoms with Crippen LogP contribution < -0.4 is 5.32 Å². The molecule has 23 heavy (non-hydrogen) atoms. The van der Waals surface area contributed by atoms with Crippen molar-refractivity contribution in [2.75, 3.05) is 6.54 Å². The molecular weight excluding hydrogens is 290 g/mol. The zero-order chi connectivity index (χ0) is 16.8. The van der Waals surface area contributed by atoms with E-state index in [1.54, 1.807) is 18.2 Å². The Labute approximate surface area is 136 Å². The van der Waals surface area contributed by atoms with Crippen LogP contribution in [0.1, 0.15) is 40.1 Å². The minimum absolute atomic E-state index is 0.199. The fourth-order valence-corrected chi connectivity index (χ4v) is 2.47. The molecule has 4 heteroatoms. The summed E-state index contributed by atoms with van der Waals surface area (Å²) in [5.74, 6) is 0.237. The predicted molar refractivity (Wildman–Crippen MR) is 90.8 cm³/mol. The molecule has 0 heterocycles. The molecule has 0 aliphatic rings. The maximum Gasteiger partial charge on any atom is 0.150 e.